The molecular formula is C23H15N5O4. The van der Waals surface area contributed by atoms with Gasteiger partial charge in [0.15, 0.2) is 0 Å². The van der Waals surface area contributed by atoms with Gasteiger partial charge >= 0.3 is 18.0 Å². The topological polar surface area (TPSA) is 130 Å². The second kappa shape index (κ2) is 9.23. The van der Waals surface area contributed by atoms with E-state index in [0.29, 0.717) is 22.7 Å². The van der Waals surface area contributed by atoms with Crippen molar-refractivity contribution < 1.29 is 19.4 Å². The Morgan fingerprint density at radius 1 is 0.844 bits per heavy atom. The molecule has 32 heavy (non-hydrogen) atoms. The van der Waals surface area contributed by atoms with Crippen LogP contribution < -0.4 is 14.8 Å². The average molecular weight is 425 g/mol. The third-order valence-electron chi connectivity index (χ3n) is 4.10. The minimum Gasteiger partial charge on any atom is -0.478 e. The Hall–Kier alpha value is -4.97. The zero-order valence-electron chi connectivity index (χ0n) is 16.5. The van der Waals surface area contributed by atoms with Gasteiger partial charge in [0.25, 0.3) is 0 Å². The first-order valence-corrected chi connectivity index (χ1v) is 9.36. The van der Waals surface area contributed by atoms with E-state index in [-0.39, 0.29) is 23.5 Å². The molecule has 0 unspecified atom stereocenters. The summed E-state index contributed by atoms with van der Waals surface area (Å²) in [6.07, 6.45) is 0. The number of hydrogen-bond acceptors (Lipinski definition) is 8. The lowest BCUT2D eigenvalue weighted by Gasteiger charge is -2.10. The van der Waals surface area contributed by atoms with Crippen molar-refractivity contribution in [3.63, 3.8) is 0 Å². The van der Waals surface area contributed by atoms with Crippen LogP contribution in [0.1, 0.15) is 15.9 Å². The summed E-state index contributed by atoms with van der Waals surface area (Å²) in [5, 5.41) is 21.1. The number of nitrogens with one attached hydrogen (secondary N) is 1. The van der Waals surface area contributed by atoms with Crippen LogP contribution in [0.2, 0.25) is 0 Å². The van der Waals surface area contributed by atoms with Gasteiger partial charge in [-0.05, 0) is 54.6 Å². The maximum Gasteiger partial charge on any atom is 0.335 e. The summed E-state index contributed by atoms with van der Waals surface area (Å²) in [6, 6.07) is 23.6. The number of carbonyl (C=O) groups is 1. The van der Waals surface area contributed by atoms with Gasteiger partial charge in [0.05, 0.1) is 17.2 Å². The SMILES string of the molecule is N#Cc1ccc(Oc2nc(Nc3cccc(C(=O)O)c3)nc(Oc3ccccc3)n2)cc1. The molecule has 0 atom stereocenters. The van der Waals surface area contributed by atoms with Crippen LogP contribution in [0.5, 0.6) is 23.5 Å². The highest BCUT2D eigenvalue weighted by molar-refractivity contribution is 5.89. The van der Waals surface area contributed by atoms with Crippen molar-refractivity contribution >= 4 is 17.6 Å². The number of hydrogen-bond donors (Lipinski definition) is 2. The summed E-state index contributed by atoms with van der Waals surface area (Å²) in [5.74, 6) is -0.0270. The predicted octanol–water partition coefficient (Wildman–Crippen LogP) is 4.77. The van der Waals surface area contributed by atoms with Crippen LogP contribution in [0.3, 0.4) is 0 Å². The molecule has 0 radical (unpaired) electrons. The fourth-order valence-corrected chi connectivity index (χ4v) is 2.64. The Kier molecular flexibility index (Phi) is 5.86. The van der Waals surface area contributed by atoms with Gasteiger partial charge in [0.1, 0.15) is 11.5 Å². The van der Waals surface area contributed by atoms with Crippen molar-refractivity contribution in [3.05, 3.63) is 90.0 Å². The molecule has 2 N–H and O–H groups in total. The van der Waals surface area contributed by atoms with E-state index in [4.69, 9.17) is 14.7 Å². The van der Waals surface area contributed by atoms with Gasteiger partial charge in [0.2, 0.25) is 5.95 Å². The highest BCUT2D eigenvalue weighted by atomic mass is 16.5. The molecule has 4 aromatic rings. The van der Waals surface area contributed by atoms with Gasteiger partial charge in [-0.25, -0.2) is 4.79 Å². The normalized spacial score (nSPS) is 10.1. The van der Waals surface area contributed by atoms with Crippen LogP contribution >= 0.6 is 0 Å². The van der Waals surface area contributed by atoms with E-state index < -0.39 is 5.97 Å². The van der Waals surface area contributed by atoms with Crippen molar-refractivity contribution in [2.75, 3.05) is 5.32 Å². The number of nitriles is 1. The Balaban J connectivity index is 1.65. The summed E-state index contributed by atoms with van der Waals surface area (Å²) >= 11 is 0. The smallest absolute Gasteiger partial charge is 0.335 e. The third kappa shape index (κ3) is 5.14. The largest absolute Gasteiger partial charge is 0.478 e. The number of aromatic nitrogens is 3. The van der Waals surface area contributed by atoms with E-state index in [1.165, 1.54) is 12.1 Å². The van der Waals surface area contributed by atoms with E-state index in [9.17, 15) is 9.90 Å². The van der Waals surface area contributed by atoms with E-state index in [0.717, 1.165) is 0 Å². The van der Waals surface area contributed by atoms with Crippen LogP contribution in [0, 0.1) is 11.3 Å². The van der Waals surface area contributed by atoms with Crippen LogP contribution in [-0.4, -0.2) is 26.0 Å². The molecule has 0 amide bonds. The first kappa shape index (κ1) is 20.3. The van der Waals surface area contributed by atoms with Crippen LogP contribution in [-0.2, 0) is 0 Å². The summed E-state index contributed by atoms with van der Waals surface area (Å²) < 4.78 is 11.4. The Labute approximate surface area is 182 Å². The van der Waals surface area contributed by atoms with Crippen LogP contribution in [0.25, 0.3) is 0 Å². The number of rotatable bonds is 7. The molecule has 0 saturated carbocycles. The van der Waals surface area contributed by atoms with Gasteiger partial charge in [-0.1, -0.05) is 24.3 Å². The summed E-state index contributed by atoms with van der Waals surface area (Å²) in [4.78, 5) is 23.9. The highest BCUT2D eigenvalue weighted by Gasteiger charge is 2.12. The number of carboxylic acids is 1. The zero-order chi connectivity index (χ0) is 22.3. The maximum atomic E-state index is 11.2. The fourth-order valence-electron chi connectivity index (χ4n) is 2.64. The fraction of sp³-hybridized carbons (Fsp3) is 0. The molecule has 0 aliphatic heterocycles. The molecular weight excluding hydrogens is 410 g/mol. The van der Waals surface area contributed by atoms with Gasteiger partial charge in [-0.15, -0.1) is 4.98 Å². The molecule has 0 saturated heterocycles. The lowest BCUT2D eigenvalue weighted by molar-refractivity contribution is 0.0697. The van der Waals surface area contributed by atoms with E-state index in [1.807, 2.05) is 12.1 Å². The predicted molar refractivity (Wildman–Crippen MR) is 114 cm³/mol. The molecule has 0 aliphatic carbocycles. The minimum atomic E-state index is -1.05. The summed E-state index contributed by atoms with van der Waals surface area (Å²) in [6.45, 7) is 0. The highest BCUT2D eigenvalue weighted by Crippen LogP contribution is 2.25. The number of nitrogens with zero attached hydrogens (tertiary/aromatic N) is 4. The Morgan fingerprint density at radius 2 is 1.50 bits per heavy atom. The van der Waals surface area contributed by atoms with Gasteiger partial charge in [0, 0.05) is 5.69 Å². The molecule has 1 heterocycles. The zero-order valence-corrected chi connectivity index (χ0v) is 16.5. The molecule has 156 valence electrons. The number of anilines is 2. The molecule has 9 nitrogen and oxygen atoms in total. The van der Waals surface area contributed by atoms with Crippen LogP contribution in [0.15, 0.2) is 78.9 Å². The standard InChI is InChI=1S/C23H15N5O4/c24-14-15-9-11-19(12-10-15)32-23-27-21(25-17-6-4-5-16(13-17)20(29)30)26-22(28-23)31-18-7-2-1-3-8-18/h1-13H,(H,29,30)(H,25,26,27,28). The molecule has 0 bridgehead atoms. The first-order chi connectivity index (χ1) is 15.6. The van der Waals surface area contributed by atoms with Crippen molar-refractivity contribution in [2.24, 2.45) is 0 Å². The summed E-state index contributed by atoms with van der Waals surface area (Å²) in [7, 11) is 0. The van der Waals surface area contributed by atoms with Gasteiger partial charge in [-0.2, -0.15) is 15.2 Å². The molecule has 4 rings (SSSR count). The van der Waals surface area contributed by atoms with E-state index in [1.54, 1.807) is 60.7 Å². The van der Waals surface area contributed by atoms with Crippen molar-refractivity contribution in [3.8, 4) is 29.6 Å². The van der Waals surface area contributed by atoms with Crippen molar-refractivity contribution in [2.45, 2.75) is 0 Å². The van der Waals surface area contributed by atoms with Gasteiger partial charge < -0.3 is 19.9 Å². The number of carboxylic acid groups (broad SMARTS) is 1. The lowest BCUT2D eigenvalue weighted by Crippen LogP contribution is -2.04. The molecule has 3 aromatic carbocycles. The number of aromatic carboxylic acids is 1. The molecule has 1 aromatic heterocycles. The first-order valence-electron chi connectivity index (χ1n) is 9.36. The second-order valence-corrected chi connectivity index (χ2v) is 6.39. The lowest BCUT2D eigenvalue weighted by atomic mass is 10.2. The molecule has 9 heteroatoms. The van der Waals surface area contributed by atoms with Crippen LogP contribution in [0.4, 0.5) is 11.6 Å². The quantitative estimate of drug-likeness (QED) is 0.430. The minimum absolute atomic E-state index is 0.0215. The second-order valence-electron chi connectivity index (χ2n) is 6.39. The molecule has 0 aliphatic rings. The van der Waals surface area contributed by atoms with E-state index >= 15 is 0 Å². The third-order valence-corrected chi connectivity index (χ3v) is 4.10. The van der Waals surface area contributed by atoms with Crippen molar-refractivity contribution in [1.29, 1.82) is 5.26 Å². The maximum absolute atomic E-state index is 11.2. The van der Waals surface area contributed by atoms with Gasteiger partial charge in [-0.3, -0.25) is 0 Å². The average Bonchev–Trinajstić information content (AvgIpc) is 2.80. The number of para-hydroxylation sites is 1. The Morgan fingerprint density at radius 3 is 2.12 bits per heavy atom. The monoisotopic (exact) mass is 425 g/mol. The van der Waals surface area contributed by atoms with E-state index in [2.05, 4.69) is 20.3 Å². The number of benzene rings is 3. The molecule has 0 spiro atoms. The summed E-state index contributed by atoms with van der Waals surface area (Å²) in [5.41, 5.74) is 1.06. The van der Waals surface area contributed by atoms with Crippen molar-refractivity contribution in [1.82, 2.24) is 15.0 Å². The number of ether oxygens (including phenoxy) is 2. The Bertz CT molecular complexity index is 1290. The molecule has 0 fully saturated rings.